The van der Waals surface area contributed by atoms with Crippen LogP contribution in [0.5, 0.6) is 5.75 Å². The predicted octanol–water partition coefficient (Wildman–Crippen LogP) is 2.31. The molecule has 1 heterocycles. The van der Waals surface area contributed by atoms with Crippen molar-refractivity contribution in [2.45, 2.75) is 0 Å². The summed E-state index contributed by atoms with van der Waals surface area (Å²) in [6.45, 7) is 0. The van der Waals surface area contributed by atoms with Gasteiger partial charge in [0.05, 0.1) is 10.6 Å². The minimum Gasteiger partial charge on any atom is -0.423 e. The van der Waals surface area contributed by atoms with Crippen molar-refractivity contribution in [3.63, 3.8) is 0 Å². The SMILES string of the molecule is O=C1NC(=O)C(=Cc2ccc(OC(=O)c3ccccc3Cl)cc2)C(=O)N1. The van der Waals surface area contributed by atoms with Gasteiger partial charge in [0.2, 0.25) is 0 Å². The maximum absolute atomic E-state index is 12.1. The zero-order chi connectivity index (χ0) is 18.7. The summed E-state index contributed by atoms with van der Waals surface area (Å²) in [4.78, 5) is 46.5. The average Bonchev–Trinajstić information content (AvgIpc) is 2.60. The second-order valence-corrected chi connectivity index (χ2v) is 5.64. The monoisotopic (exact) mass is 370 g/mol. The van der Waals surface area contributed by atoms with Crippen LogP contribution in [0.25, 0.3) is 6.08 Å². The van der Waals surface area contributed by atoms with Gasteiger partial charge in [-0.05, 0) is 35.9 Å². The van der Waals surface area contributed by atoms with E-state index in [0.29, 0.717) is 5.56 Å². The fourth-order valence-electron chi connectivity index (χ4n) is 2.19. The van der Waals surface area contributed by atoms with Gasteiger partial charge in [0.1, 0.15) is 11.3 Å². The van der Waals surface area contributed by atoms with E-state index in [2.05, 4.69) is 0 Å². The molecule has 0 saturated carbocycles. The molecule has 0 atom stereocenters. The minimum absolute atomic E-state index is 0.203. The van der Waals surface area contributed by atoms with Crippen molar-refractivity contribution >= 4 is 41.5 Å². The number of nitrogens with one attached hydrogen (secondary N) is 2. The maximum atomic E-state index is 12.1. The Morgan fingerprint density at radius 3 is 2.15 bits per heavy atom. The largest absolute Gasteiger partial charge is 0.423 e. The Hall–Kier alpha value is -3.45. The van der Waals surface area contributed by atoms with Crippen LogP contribution in [-0.2, 0) is 9.59 Å². The van der Waals surface area contributed by atoms with Gasteiger partial charge < -0.3 is 4.74 Å². The van der Waals surface area contributed by atoms with Crippen LogP contribution in [0.2, 0.25) is 5.02 Å². The Bertz CT molecular complexity index is 928. The number of benzene rings is 2. The number of rotatable bonds is 3. The van der Waals surface area contributed by atoms with E-state index < -0.39 is 23.8 Å². The van der Waals surface area contributed by atoms with Crippen molar-refractivity contribution < 1.29 is 23.9 Å². The predicted molar refractivity (Wildman–Crippen MR) is 92.5 cm³/mol. The number of carbonyl (C=O) groups is 4. The number of esters is 1. The fourth-order valence-corrected chi connectivity index (χ4v) is 2.41. The molecule has 2 aromatic carbocycles. The van der Waals surface area contributed by atoms with Crippen molar-refractivity contribution in [2.75, 3.05) is 0 Å². The molecule has 8 heteroatoms. The van der Waals surface area contributed by atoms with Gasteiger partial charge in [0.15, 0.2) is 0 Å². The molecule has 1 aliphatic heterocycles. The van der Waals surface area contributed by atoms with Crippen molar-refractivity contribution in [3.05, 3.63) is 70.3 Å². The van der Waals surface area contributed by atoms with E-state index in [4.69, 9.17) is 16.3 Å². The standard InChI is InChI=1S/C18H11ClN2O5/c19-14-4-2-1-3-12(14)17(24)26-11-7-5-10(6-8-11)9-13-15(22)20-18(25)21-16(13)23/h1-9H,(H2,20,21,22,23,25). The Labute approximate surface area is 152 Å². The number of urea groups is 1. The lowest BCUT2D eigenvalue weighted by atomic mass is 10.1. The highest BCUT2D eigenvalue weighted by atomic mass is 35.5. The summed E-state index contributed by atoms with van der Waals surface area (Å²) in [5.41, 5.74) is 0.545. The van der Waals surface area contributed by atoms with Crippen LogP contribution < -0.4 is 15.4 Å². The van der Waals surface area contributed by atoms with Crippen molar-refractivity contribution in [3.8, 4) is 5.75 Å². The van der Waals surface area contributed by atoms with Crippen LogP contribution in [0.15, 0.2) is 54.1 Å². The zero-order valence-electron chi connectivity index (χ0n) is 13.1. The van der Waals surface area contributed by atoms with Gasteiger partial charge in [-0.1, -0.05) is 35.9 Å². The molecule has 0 aliphatic carbocycles. The van der Waals surface area contributed by atoms with Crippen LogP contribution in [0.1, 0.15) is 15.9 Å². The number of barbiturate groups is 1. The normalized spacial score (nSPS) is 13.7. The molecule has 0 bridgehead atoms. The Morgan fingerprint density at radius 2 is 1.54 bits per heavy atom. The highest BCUT2D eigenvalue weighted by molar-refractivity contribution is 6.33. The number of imide groups is 2. The van der Waals surface area contributed by atoms with Gasteiger partial charge >= 0.3 is 12.0 Å². The lowest BCUT2D eigenvalue weighted by Gasteiger charge is -2.13. The molecule has 7 nitrogen and oxygen atoms in total. The molecule has 0 spiro atoms. The van der Waals surface area contributed by atoms with Gasteiger partial charge in [0.25, 0.3) is 11.8 Å². The smallest absolute Gasteiger partial charge is 0.345 e. The number of halogens is 1. The first-order valence-corrected chi connectivity index (χ1v) is 7.77. The summed E-state index contributed by atoms with van der Waals surface area (Å²) in [5, 5.41) is 4.24. The quantitative estimate of drug-likeness (QED) is 0.373. The molecule has 1 saturated heterocycles. The zero-order valence-corrected chi connectivity index (χ0v) is 13.9. The van der Waals surface area contributed by atoms with Gasteiger partial charge in [-0.25, -0.2) is 9.59 Å². The summed E-state index contributed by atoms with van der Waals surface area (Å²) < 4.78 is 5.24. The van der Waals surface area contributed by atoms with Gasteiger partial charge in [-0.3, -0.25) is 20.2 Å². The highest BCUT2D eigenvalue weighted by Crippen LogP contribution is 2.20. The molecule has 26 heavy (non-hydrogen) atoms. The molecule has 1 aliphatic rings. The summed E-state index contributed by atoms with van der Waals surface area (Å²) >= 11 is 5.95. The second-order valence-electron chi connectivity index (χ2n) is 5.23. The molecule has 0 radical (unpaired) electrons. The van der Waals surface area contributed by atoms with Crippen molar-refractivity contribution in [1.82, 2.24) is 10.6 Å². The number of carbonyl (C=O) groups excluding carboxylic acids is 4. The van der Waals surface area contributed by atoms with Crippen LogP contribution in [0.4, 0.5) is 4.79 Å². The molecule has 4 amide bonds. The third kappa shape index (κ3) is 3.79. The molecule has 0 unspecified atom stereocenters. The maximum Gasteiger partial charge on any atom is 0.345 e. The van der Waals surface area contributed by atoms with E-state index >= 15 is 0 Å². The lowest BCUT2D eigenvalue weighted by Crippen LogP contribution is -2.51. The summed E-state index contributed by atoms with van der Waals surface area (Å²) in [6.07, 6.45) is 1.32. The van der Waals surface area contributed by atoms with E-state index in [9.17, 15) is 19.2 Å². The van der Waals surface area contributed by atoms with E-state index in [1.54, 1.807) is 36.4 Å². The number of hydrogen-bond donors (Lipinski definition) is 2. The fraction of sp³-hybridized carbons (Fsp3) is 0. The Kier molecular flexibility index (Phi) is 4.81. The van der Waals surface area contributed by atoms with E-state index in [1.807, 2.05) is 10.6 Å². The molecule has 1 fully saturated rings. The average molecular weight is 371 g/mol. The molecule has 130 valence electrons. The molecule has 2 N–H and O–H groups in total. The highest BCUT2D eigenvalue weighted by Gasteiger charge is 2.27. The molecule has 3 rings (SSSR count). The van der Waals surface area contributed by atoms with Crippen LogP contribution in [-0.4, -0.2) is 23.8 Å². The number of hydrogen-bond acceptors (Lipinski definition) is 5. The molecule has 0 aromatic heterocycles. The topological polar surface area (TPSA) is 102 Å². The third-order valence-corrected chi connectivity index (χ3v) is 3.77. The number of ether oxygens (including phenoxy) is 1. The van der Waals surface area contributed by atoms with E-state index in [1.165, 1.54) is 18.2 Å². The molecular formula is C18H11ClN2O5. The lowest BCUT2D eigenvalue weighted by molar-refractivity contribution is -0.123. The second kappa shape index (κ2) is 7.20. The third-order valence-electron chi connectivity index (χ3n) is 3.44. The Morgan fingerprint density at radius 1 is 0.923 bits per heavy atom. The van der Waals surface area contributed by atoms with Crippen LogP contribution in [0, 0.1) is 0 Å². The van der Waals surface area contributed by atoms with Gasteiger partial charge in [-0.15, -0.1) is 0 Å². The van der Waals surface area contributed by atoms with Crippen molar-refractivity contribution in [1.29, 1.82) is 0 Å². The van der Waals surface area contributed by atoms with Crippen LogP contribution >= 0.6 is 11.6 Å². The van der Waals surface area contributed by atoms with Gasteiger partial charge in [-0.2, -0.15) is 0 Å². The van der Waals surface area contributed by atoms with E-state index in [-0.39, 0.29) is 21.9 Å². The van der Waals surface area contributed by atoms with Gasteiger partial charge in [0, 0.05) is 0 Å². The first kappa shape index (κ1) is 17.4. The van der Waals surface area contributed by atoms with E-state index in [0.717, 1.165) is 0 Å². The summed E-state index contributed by atoms with van der Waals surface area (Å²) in [7, 11) is 0. The van der Waals surface area contributed by atoms with Crippen molar-refractivity contribution in [2.24, 2.45) is 0 Å². The molecule has 2 aromatic rings. The first-order valence-electron chi connectivity index (χ1n) is 7.39. The van der Waals surface area contributed by atoms with Crippen LogP contribution in [0.3, 0.4) is 0 Å². The molecular weight excluding hydrogens is 360 g/mol. The Balaban J connectivity index is 1.75. The summed E-state index contributed by atoms with van der Waals surface area (Å²) in [6, 6.07) is 11.8. The summed E-state index contributed by atoms with van der Waals surface area (Å²) in [5.74, 6) is -1.91. The number of amides is 4. The minimum atomic E-state index is -0.862. The first-order chi connectivity index (χ1) is 12.4.